The maximum absolute atomic E-state index is 11.2. The highest BCUT2D eigenvalue weighted by atomic mass is 32.1. The molecule has 5 heteroatoms. The molecular weight excluding hydrogens is 210 g/mol. The molecule has 0 aliphatic rings. The van der Waals surface area contributed by atoms with E-state index in [9.17, 15) is 4.79 Å². The van der Waals surface area contributed by atoms with Gasteiger partial charge < -0.3 is 10.2 Å². The van der Waals surface area contributed by atoms with Crippen molar-refractivity contribution < 1.29 is 4.79 Å². The highest BCUT2D eigenvalue weighted by molar-refractivity contribution is 7.12. The monoisotopic (exact) mass is 223 g/mol. The normalized spacial score (nSPS) is 9.67. The van der Waals surface area contributed by atoms with Crippen molar-refractivity contribution in [2.45, 2.75) is 6.54 Å². The Bertz CT molecular complexity index is 378. The maximum atomic E-state index is 11.2. The van der Waals surface area contributed by atoms with E-state index >= 15 is 0 Å². The van der Waals surface area contributed by atoms with Crippen LogP contribution in [0.1, 0.15) is 9.75 Å². The van der Waals surface area contributed by atoms with E-state index in [0.717, 1.165) is 4.88 Å². The van der Waals surface area contributed by atoms with Crippen LogP contribution in [-0.2, 0) is 11.3 Å². The van der Waals surface area contributed by atoms with Crippen molar-refractivity contribution in [1.82, 2.24) is 10.2 Å². The van der Waals surface area contributed by atoms with Gasteiger partial charge in [-0.05, 0) is 12.1 Å². The van der Waals surface area contributed by atoms with E-state index in [2.05, 4.69) is 11.4 Å². The molecule has 0 atom stereocenters. The summed E-state index contributed by atoms with van der Waals surface area (Å²) in [4.78, 5) is 14.5. The summed E-state index contributed by atoms with van der Waals surface area (Å²) in [5.41, 5.74) is 0. The fraction of sp³-hybridized carbons (Fsp3) is 0.400. The average molecular weight is 223 g/mol. The molecule has 0 aliphatic carbocycles. The van der Waals surface area contributed by atoms with E-state index in [1.54, 1.807) is 25.1 Å². The van der Waals surface area contributed by atoms with Crippen LogP contribution in [0.5, 0.6) is 0 Å². The van der Waals surface area contributed by atoms with Crippen LogP contribution < -0.4 is 5.32 Å². The lowest BCUT2D eigenvalue weighted by Crippen LogP contribution is -2.32. The second-order valence-electron chi connectivity index (χ2n) is 3.27. The van der Waals surface area contributed by atoms with Gasteiger partial charge in [0.2, 0.25) is 5.91 Å². The highest BCUT2D eigenvalue weighted by Gasteiger charge is 2.03. The first-order chi connectivity index (χ1) is 7.13. The predicted octanol–water partition coefficient (Wildman–Crippen LogP) is 0.798. The molecule has 0 fully saturated rings. The molecule has 0 saturated heterocycles. The van der Waals surface area contributed by atoms with Gasteiger partial charge in [-0.3, -0.25) is 4.79 Å². The Morgan fingerprint density at radius 1 is 1.60 bits per heavy atom. The Labute approximate surface area is 93.1 Å². The molecule has 15 heavy (non-hydrogen) atoms. The molecule has 1 aromatic heterocycles. The third-order valence-corrected chi connectivity index (χ3v) is 2.84. The summed E-state index contributed by atoms with van der Waals surface area (Å²) < 4.78 is 0. The van der Waals surface area contributed by atoms with Crippen LogP contribution in [-0.4, -0.2) is 31.4 Å². The van der Waals surface area contributed by atoms with Crippen molar-refractivity contribution >= 4 is 17.2 Å². The largest absolute Gasteiger partial charge is 0.348 e. The van der Waals surface area contributed by atoms with Crippen LogP contribution in [0.15, 0.2) is 12.1 Å². The van der Waals surface area contributed by atoms with Crippen molar-refractivity contribution in [2.75, 3.05) is 20.6 Å². The van der Waals surface area contributed by atoms with Gasteiger partial charge in [0.25, 0.3) is 0 Å². The lowest BCUT2D eigenvalue weighted by molar-refractivity contribution is -0.127. The Kier molecular flexibility index (Phi) is 4.28. The first kappa shape index (κ1) is 11.7. The van der Waals surface area contributed by atoms with E-state index in [4.69, 9.17) is 5.26 Å². The van der Waals surface area contributed by atoms with Crippen molar-refractivity contribution in [1.29, 1.82) is 5.26 Å². The molecule has 0 bridgehead atoms. The van der Waals surface area contributed by atoms with Crippen LogP contribution in [0.25, 0.3) is 0 Å². The van der Waals surface area contributed by atoms with Crippen molar-refractivity contribution in [3.8, 4) is 6.07 Å². The number of carbonyl (C=O) groups excluding carboxylic acids is 1. The first-order valence-electron chi connectivity index (χ1n) is 4.53. The summed E-state index contributed by atoms with van der Waals surface area (Å²) in [6.45, 7) is 0.957. The topological polar surface area (TPSA) is 56.1 Å². The number of hydrogen-bond donors (Lipinski definition) is 1. The average Bonchev–Trinajstić information content (AvgIpc) is 2.65. The van der Waals surface area contributed by atoms with Crippen LogP contribution in [0.2, 0.25) is 0 Å². The number of thiophene rings is 1. The van der Waals surface area contributed by atoms with Crippen LogP contribution in [0.4, 0.5) is 0 Å². The molecule has 0 aromatic carbocycles. The minimum atomic E-state index is 0.0482. The van der Waals surface area contributed by atoms with Gasteiger partial charge in [0.1, 0.15) is 10.9 Å². The highest BCUT2D eigenvalue weighted by Crippen LogP contribution is 2.14. The van der Waals surface area contributed by atoms with E-state index in [1.807, 2.05) is 6.07 Å². The second-order valence-corrected chi connectivity index (χ2v) is 4.44. The Morgan fingerprint density at radius 2 is 2.33 bits per heavy atom. The molecule has 0 saturated carbocycles. The lowest BCUT2D eigenvalue weighted by Gasteiger charge is -2.10. The molecule has 0 unspecified atom stereocenters. The molecular formula is C10H13N3OS. The molecule has 1 N–H and O–H groups in total. The van der Waals surface area contributed by atoms with Gasteiger partial charge in [-0.1, -0.05) is 0 Å². The van der Waals surface area contributed by atoms with Gasteiger partial charge in [-0.15, -0.1) is 11.3 Å². The SMILES string of the molecule is CN(C)C(=O)CNCc1ccc(C#N)s1. The quantitative estimate of drug-likeness (QED) is 0.821. The van der Waals surface area contributed by atoms with Gasteiger partial charge >= 0.3 is 0 Å². The number of nitrogens with one attached hydrogen (secondary N) is 1. The number of carbonyl (C=O) groups is 1. The zero-order chi connectivity index (χ0) is 11.3. The second kappa shape index (κ2) is 5.49. The predicted molar refractivity (Wildman–Crippen MR) is 59.4 cm³/mol. The smallest absolute Gasteiger partial charge is 0.236 e. The summed E-state index contributed by atoms with van der Waals surface area (Å²) in [5.74, 6) is 0.0482. The molecule has 0 radical (unpaired) electrons. The Balaban J connectivity index is 2.32. The third kappa shape index (κ3) is 3.70. The Morgan fingerprint density at radius 3 is 2.87 bits per heavy atom. The fourth-order valence-corrected chi connectivity index (χ4v) is 1.76. The molecule has 0 spiro atoms. The molecule has 1 heterocycles. The summed E-state index contributed by atoms with van der Waals surface area (Å²) in [5, 5.41) is 11.6. The van der Waals surface area contributed by atoms with Gasteiger partial charge in [0.15, 0.2) is 0 Å². The van der Waals surface area contributed by atoms with Gasteiger partial charge in [-0.2, -0.15) is 5.26 Å². The number of nitrogens with zero attached hydrogens (tertiary/aromatic N) is 2. The zero-order valence-electron chi connectivity index (χ0n) is 8.78. The number of hydrogen-bond acceptors (Lipinski definition) is 4. The van der Waals surface area contributed by atoms with Crippen LogP contribution >= 0.6 is 11.3 Å². The van der Waals surface area contributed by atoms with Crippen molar-refractivity contribution in [3.05, 3.63) is 21.9 Å². The number of amides is 1. The number of likely N-dealkylation sites (N-methyl/N-ethyl adjacent to an activating group) is 1. The fourth-order valence-electron chi connectivity index (χ4n) is 0.984. The molecule has 1 aromatic rings. The van der Waals surface area contributed by atoms with Crippen molar-refractivity contribution in [3.63, 3.8) is 0 Å². The minimum Gasteiger partial charge on any atom is -0.348 e. The van der Waals surface area contributed by atoms with Crippen LogP contribution in [0.3, 0.4) is 0 Å². The Hall–Kier alpha value is -1.38. The third-order valence-electron chi connectivity index (χ3n) is 1.85. The maximum Gasteiger partial charge on any atom is 0.236 e. The van der Waals surface area contributed by atoms with E-state index in [-0.39, 0.29) is 5.91 Å². The molecule has 4 nitrogen and oxygen atoms in total. The lowest BCUT2D eigenvalue weighted by atomic mass is 10.4. The standard InChI is InChI=1S/C10H13N3OS/c1-13(2)10(14)7-12-6-9-4-3-8(5-11)15-9/h3-4,12H,6-7H2,1-2H3. The molecule has 1 amide bonds. The summed E-state index contributed by atoms with van der Waals surface area (Å²) in [6.07, 6.45) is 0. The minimum absolute atomic E-state index is 0.0482. The van der Waals surface area contributed by atoms with E-state index in [0.29, 0.717) is 18.0 Å². The van der Waals surface area contributed by atoms with Gasteiger partial charge in [0, 0.05) is 25.5 Å². The van der Waals surface area contributed by atoms with Gasteiger partial charge in [-0.25, -0.2) is 0 Å². The van der Waals surface area contributed by atoms with Gasteiger partial charge in [0.05, 0.1) is 6.54 Å². The number of rotatable bonds is 4. The van der Waals surface area contributed by atoms with Crippen LogP contribution in [0, 0.1) is 11.3 Å². The number of nitriles is 1. The summed E-state index contributed by atoms with van der Waals surface area (Å²) in [6, 6.07) is 5.77. The van der Waals surface area contributed by atoms with Crippen molar-refractivity contribution in [2.24, 2.45) is 0 Å². The zero-order valence-corrected chi connectivity index (χ0v) is 9.60. The molecule has 80 valence electrons. The van der Waals surface area contributed by atoms with E-state index in [1.165, 1.54) is 11.3 Å². The molecule has 1 rings (SSSR count). The van der Waals surface area contributed by atoms with E-state index < -0.39 is 0 Å². The molecule has 0 aliphatic heterocycles. The summed E-state index contributed by atoms with van der Waals surface area (Å²) in [7, 11) is 3.45. The first-order valence-corrected chi connectivity index (χ1v) is 5.35. The summed E-state index contributed by atoms with van der Waals surface area (Å²) >= 11 is 1.44.